The maximum atomic E-state index is 12.7. The predicted molar refractivity (Wildman–Crippen MR) is 95.4 cm³/mol. The Labute approximate surface area is 138 Å². The van der Waals surface area contributed by atoms with Crippen molar-refractivity contribution in [3.05, 3.63) is 70.8 Å². The summed E-state index contributed by atoms with van der Waals surface area (Å²) in [6.07, 6.45) is 0. The van der Waals surface area contributed by atoms with Gasteiger partial charge in [-0.25, -0.2) is 0 Å². The molecule has 0 fully saturated rings. The lowest BCUT2D eigenvalue weighted by Crippen LogP contribution is -2.15. The summed E-state index contributed by atoms with van der Waals surface area (Å²) < 4.78 is 5.68. The van der Waals surface area contributed by atoms with E-state index in [2.05, 4.69) is 24.0 Å². The van der Waals surface area contributed by atoms with Crippen LogP contribution in [-0.4, -0.2) is 12.5 Å². The first kappa shape index (κ1) is 16.8. The summed E-state index contributed by atoms with van der Waals surface area (Å²) in [4.78, 5) is 12.7. The highest BCUT2D eigenvalue weighted by Gasteiger charge is 2.14. The van der Waals surface area contributed by atoms with Crippen LogP contribution in [0.1, 0.15) is 34.0 Å². The van der Waals surface area contributed by atoms with Crippen molar-refractivity contribution in [3.8, 4) is 5.75 Å². The van der Waals surface area contributed by atoms with Crippen molar-refractivity contribution < 1.29 is 9.53 Å². The maximum absolute atomic E-state index is 12.7. The van der Waals surface area contributed by atoms with E-state index in [1.807, 2.05) is 39.8 Å². The van der Waals surface area contributed by atoms with Crippen LogP contribution >= 0.6 is 0 Å². The van der Waals surface area contributed by atoms with Crippen LogP contribution in [0.15, 0.2) is 48.6 Å². The highest BCUT2D eigenvalue weighted by atomic mass is 16.5. The molecule has 0 radical (unpaired) electrons. The van der Waals surface area contributed by atoms with Crippen LogP contribution in [0.4, 0.5) is 5.69 Å². The number of nitrogens with one attached hydrogen (secondary N) is 1. The molecule has 2 aromatic rings. The first-order valence-electron chi connectivity index (χ1n) is 7.64. The summed E-state index contributed by atoms with van der Waals surface area (Å²) >= 11 is 0. The van der Waals surface area contributed by atoms with Gasteiger partial charge >= 0.3 is 0 Å². The molecule has 2 rings (SSSR count). The largest absolute Gasteiger partial charge is 0.488 e. The zero-order chi connectivity index (χ0) is 17.0. The van der Waals surface area contributed by atoms with E-state index in [0.717, 1.165) is 22.4 Å². The molecule has 0 aliphatic rings. The SMILES string of the molecule is C=C(C)COc1ccccc1C(=O)Nc1c(C)cc(C)cc1C. The molecule has 0 aromatic heterocycles. The van der Waals surface area contributed by atoms with Gasteiger partial charge in [-0.2, -0.15) is 0 Å². The molecule has 2 aromatic carbocycles. The molecule has 23 heavy (non-hydrogen) atoms. The number of para-hydroxylation sites is 1. The van der Waals surface area contributed by atoms with Crippen molar-refractivity contribution in [1.29, 1.82) is 0 Å². The fourth-order valence-electron chi connectivity index (χ4n) is 2.54. The van der Waals surface area contributed by atoms with Gasteiger partial charge in [-0.15, -0.1) is 0 Å². The smallest absolute Gasteiger partial charge is 0.259 e. The second-order valence-corrected chi connectivity index (χ2v) is 5.97. The molecular weight excluding hydrogens is 286 g/mol. The Kier molecular flexibility index (Phi) is 5.22. The number of rotatable bonds is 5. The zero-order valence-electron chi connectivity index (χ0n) is 14.2. The van der Waals surface area contributed by atoms with Crippen LogP contribution in [0.3, 0.4) is 0 Å². The lowest BCUT2D eigenvalue weighted by atomic mass is 10.0. The Hall–Kier alpha value is -2.55. The fraction of sp³-hybridized carbons (Fsp3) is 0.250. The minimum absolute atomic E-state index is 0.169. The number of anilines is 1. The van der Waals surface area contributed by atoms with Gasteiger partial charge in [0.1, 0.15) is 12.4 Å². The molecule has 0 saturated heterocycles. The van der Waals surface area contributed by atoms with E-state index in [-0.39, 0.29) is 5.91 Å². The third-order valence-corrected chi connectivity index (χ3v) is 3.52. The summed E-state index contributed by atoms with van der Waals surface area (Å²) in [5, 5.41) is 3.01. The molecule has 0 aliphatic heterocycles. The standard InChI is InChI=1S/C20H23NO2/c1-13(2)12-23-18-9-7-6-8-17(18)20(22)21-19-15(4)10-14(3)11-16(19)5/h6-11H,1,12H2,2-5H3,(H,21,22). The van der Waals surface area contributed by atoms with Crippen LogP contribution in [0.25, 0.3) is 0 Å². The molecule has 0 heterocycles. The molecular formula is C20H23NO2. The third-order valence-electron chi connectivity index (χ3n) is 3.52. The van der Waals surface area contributed by atoms with Gasteiger partial charge in [-0.3, -0.25) is 4.79 Å². The average molecular weight is 309 g/mol. The van der Waals surface area contributed by atoms with Gasteiger partial charge in [0.15, 0.2) is 0 Å². The molecule has 0 unspecified atom stereocenters. The van der Waals surface area contributed by atoms with E-state index in [1.165, 1.54) is 5.56 Å². The van der Waals surface area contributed by atoms with Gasteiger partial charge in [0.05, 0.1) is 5.56 Å². The molecule has 3 heteroatoms. The van der Waals surface area contributed by atoms with Gasteiger partial charge in [-0.05, 0) is 56.5 Å². The van der Waals surface area contributed by atoms with Gasteiger partial charge < -0.3 is 10.1 Å². The molecule has 0 saturated carbocycles. The van der Waals surface area contributed by atoms with Crippen molar-refractivity contribution >= 4 is 11.6 Å². The van der Waals surface area contributed by atoms with Crippen LogP contribution in [-0.2, 0) is 0 Å². The summed E-state index contributed by atoms with van der Waals surface area (Å²) in [6, 6.07) is 11.4. The number of hydrogen-bond acceptors (Lipinski definition) is 2. The summed E-state index contributed by atoms with van der Waals surface area (Å²) in [5.41, 5.74) is 5.57. The van der Waals surface area contributed by atoms with E-state index < -0.39 is 0 Å². The highest BCUT2D eigenvalue weighted by Crippen LogP contribution is 2.25. The second kappa shape index (κ2) is 7.14. The van der Waals surface area contributed by atoms with Gasteiger partial charge in [-0.1, -0.05) is 36.4 Å². The molecule has 0 bridgehead atoms. The number of ether oxygens (including phenoxy) is 1. The summed E-state index contributed by atoms with van der Waals surface area (Å²) in [5.74, 6) is 0.396. The third kappa shape index (κ3) is 4.22. The van der Waals surface area contributed by atoms with Crippen molar-refractivity contribution in [3.63, 3.8) is 0 Å². The highest BCUT2D eigenvalue weighted by molar-refractivity contribution is 6.06. The monoisotopic (exact) mass is 309 g/mol. The number of hydrogen-bond donors (Lipinski definition) is 1. The van der Waals surface area contributed by atoms with E-state index >= 15 is 0 Å². The van der Waals surface area contributed by atoms with Crippen molar-refractivity contribution in [2.45, 2.75) is 27.7 Å². The number of aryl methyl sites for hydroxylation is 3. The first-order valence-corrected chi connectivity index (χ1v) is 7.64. The Morgan fingerprint density at radius 1 is 1.13 bits per heavy atom. The number of amides is 1. The van der Waals surface area contributed by atoms with Crippen LogP contribution < -0.4 is 10.1 Å². The van der Waals surface area contributed by atoms with Crippen LogP contribution in [0.5, 0.6) is 5.75 Å². The molecule has 1 amide bonds. The summed E-state index contributed by atoms with van der Waals surface area (Å²) in [7, 11) is 0. The Morgan fingerprint density at radius 3 is 2.35 bits per heavy atom. The number of benzene rings is 2. The average Bonchev–Trinajstić information content (AvgIpc) is 2.48. The topological polar surface area (TPSA) is 38.3 Å². The first-order chi connectivity index (χ1) is 10.9. The minimum Gasteiger partial charge on any atom is -0.488 e. The van der Waals surface area contributed by atoms with Gasteiger partial charge in [0.2, 0.25) is 0 Å². The molecule has 3 nitrogen and oxygen atoms in total. The second-order valence-electron chi connectivity index (χ2n) is 5.97. The van der Waals surface area contributed by atoms with Gasteiger partial charge in [0.25, 0.3) is 5.91 Å². The van der Waals surface area contributed by atoms with Crippen LogP contribution in [0, 0.1) is 20.8 Å². The van der Waals surface area contributed by atoms with E-state index in [9.17, 15) is 4.79 Å². The Morgan fingerprint density at radius 2 is 1.74 bits per heavy atom. The van der Waals surface area contributed by atoms with Crippen molar-refractivity contribution in [2.24, 2.45) is 0 Å². The predicted octanol–water partition coefficient (Wildman–Crippen LogP) is 4.82. The van der Waals surface area contributed by atoms with E-state index in [0.29, 0.717) is 17.9 Å². The zero-order valence-corrected chi connectivity index (χ0v) is 14.2. The Bertz CT molecular complexity index is 724. The molecule has 0 aliphatic carbocycles. The summed E-state index contributed by atoms with van der Waals surface area (Å²) in [6.45, 7) is 12.2. The number of carbonyl (C=O) groups excluding carboxylic acids is 1. The number of carbonyl (C=O) groups is 1. The molecule has 0 atom stereocenters. The van der Waals surface area contributed by atoms with Crippen molar-refractivity contribution in [2.75, 3.05) is 11.9 Å². The fourth-order valence-corrected chi connectivity index (χ4v) is 2.54. The molecule has 120 valence electrons. The quantitative estimate of drug-likeness (QED) is 0.804. The Balaban J connectivity index is 2.26. The van der Waals surface area contributed by atoms with Crippen LogP contribution in [0.2, 0.25) is 0 Å². The van der Waals surface area contributed by atoms with Gasteiger partial charge in [0, 0.05) is 5.69 Å². The maximum Gasteiger partial charge on any atom is 0.259 e. The normalized spacial score (nSPS) is 10.3. The van der Waals surface area contributed by atoms with E-state index in [1.54, 1.807) is 12.1 Å². The van der Waals surface area contributed by atoms with E-state index in [4.69, 9.17) is 4.74 Å². The lowest BCUT2D eigenvalue weighted by molar-refractivity contribution is 0.102. The van der Waals surface area contributed by atoms with Crippen molar-refractivity contribution in [1.82, 2.24) is 0 Å². The molecule has 1 N–H and O–H groups in total. The lowest BCUT2D eigenvalue weighted by Gasteiger charge is -2.15. The minimum atomic E-state index is -0.169. The molecule has 0 spiro atoms.